The molecule has 0 spiro atoms. The van der Waals surface area contributed by atoms with Gasteiger partial charge in [0.25, 0.3) is 0 Å². The molecular weight excluding hydrogens is 326 g/mol. The molecule has 1 unspecified atom stereocenters. The summed E-state index contributed by atoms with van der Waals surface area (Å²) in [6.07, 6.45) is 0.0513. The van der Waals surface area contributed by atoms with Gasteiger partial charge >= 0.3 is 0 Å². The van der Waals surface area contributed by atoms with E-state index in [-0.39, 0.29) is 36.5 Å². The van der Waals surface area contributed by atoms with Crippen molar-refractivity contribution < 1.29 is 18.4 Å². The van der Waals surface area contributed by atoms with Crippen molar-refractivity contribution in [2.45, 2.75) is 26.3 Å². The zero-order valence-electron chi connectivity index (χ0n) is 14.1. The van der Waals surface area contributed by atoms with Gasteiger partial charge < -0.3 is 10.2 Å². The molecule has 2 aromatic carbocycles. The van der Waals surface area contributed by atoms with Crippen molar-refractivity contribution in [2.24, 2.45) is 0 Å². The maximum absolute atomic E-state index is 13.4. The molecule has 0 saturated heterocycles. The molecule has 132 valence electrons. The Morgan fingerprint density at radius 3 is 2.36 bits per heavy atom. The second-order valence-electron chi connectivity index (χ2n) is 5.72. The lowest BCUT2D eigenvalue weighted by atomic mass is 10.1. The van der Waals surface area contributed by atoms with E-state index in [2.05, 4.69) is 5.32 Å². The number of anilines is 1. The summed E-state index contributed by atoms with van der Waals surface area (Å²) in [5.41, 5.74) is 1.19. The Balaban J connectivity index is 1.97. The van der Waals surface area contributed by atoms with Crippen LogP contribution >= 0.6 is 0 Å². The van der Waals surface area contributed by atoms with Crippen molar-refractivity contribution in [3.8, 4) is 0 Å². The van der Waals surface area contributed by atoms with E-state index in [1.165, 1.54) is 17.9 Å². The standard InChI is InChI=1S/C19H20F2N2O2/c1-13(15-6-4-3-5-7-15)22-19(25)10-11-23(14(2)24)16-8-9-17(20)18(21)12-16/h3-9,12-13H,10-11H2,1-2H3,(H,22,25). The van der Waals surface area contributed by atoms with E-state index in [9.17, 15) is 18.4 Å². The Kier molecular flexibility index (Phi) is 6.22. The van der Waals surface area contributed by atoms with E-state index in [0.717, 1.165) is 17.7 Å². The Morgan fingerprint density at radius 2 is 1.76 bits per heavy atom. The minimum absolute atomic E-state index is 0.0513. The highest BCUT2D eigenvalue weighted by molar-refractivity contribution is 5.92. The van der Waals surface area contributed by atoms with Crippen LogP contribution in [0.25, 0.3) is 0 Å². The first kappa shape index (κ1) is 18.6. The predicted octanol–water partition coefficient (Wildman–Crippen LogP) is 3.59. The molecule has 0 aliphatic rings. The largest absolute Gasteiger partial charge is 0.350 e. The fourth-order valence-electron chi connectivity index (χ4n) is 2.47. The van der Waals surface area contributed by atoms with Gasteiger partial charge in [0, 0.05) is 31.6 Å². The van der Waals surface area contributed by atoms with Gasteiger partial charge in [-0.05, 0) is 24.6 Å². The third-order valence-electron chi connectivity index (χ3n) is 3.83. The minimum Gasteiger partial charge on any atom is -0.350 e. The SMILES string of the molecule is CC(=O)N(CCC(=O)NC(C)c1ccccc1)c1ccc(F)c(F)c1. The number of carbonyl (C=O) groups excluding carboxylic acids is 2. The Hall–Kier alpha value is -2.76. The van der Waals surface area contributed by atoms with Gasteiger partial charge in [-0.25, -0.2) is 8.78 Å². The van der Waals surface area contributed by atoms with Gasteiger partial charge in [0.15, 0.2) is 11.6 Å². The van der Waals surface area contributed by atoms with Crippen LogP contribution in [-0.4, -0.2) is 18.4 Å². The van der Waals surface area contributed by atoms with Crippen LogP contribution in [0.3, 0.4) is 0 Å². The lowest BCUT2D eigenvalue weighted by Gasteiger charge is -2.22. The number of hydrogen-bond donors (Lipinski definition) is 1. The molecule has 6 heteroatoms. The van der Waals surface area contributed by atoms with E-state index in [1.807, 2.05) is 37.3 Å². The van der Waals surface area contributed by atoms with Crippen LogP contribution in [0.4, 0.5) is 14.5 Å². The van der Waals surface area contributed by atoms with Gasteiger partial charge in [-0.3, -0.25) is 9.59 Å². The van der Waals surface area contributed by atoms with E-state index in [4.69, 9.17) is 0 Å². The number of nitrogens with one attached hydrogen (secondary N) is 1. The van der Waals surface area contributed by atoms with E-state index >= 15 is 0 Å². The molecule has 0 saturated carbocycles. The zero-order valence-corrected chi connectivity index (χ0v) is 14.1. The van der Waals surface area contributed by atoms with Crippen LogP contribution in [0.5, 0.6) is 0 Å². The van der Waals surface area contributed by atoms with Crippen molar-refractivity contribution >= 4 is 17.5 Å². The maximum atomic E-state index is 13.4. The highest BCUT2D eigenvalue weighted by atomic mass is 19.2. The molecule has 0 bridgehead atoms. The predicted molar refractivity (Wildman–Crippen MR) is 92.0 cm³/mol. The van der Waals surface area contributed by atoms with Crippen molar-refractivity contribution in [2.75, 3.05) is 11.4 Å². The number of hydrogen-bond acceptors (Lipinski definition) is 2. The molecule has 4 nitrogen and oxygen atoms in total. The van der Waals surface area contributed by atoms with Gasteiger partial charge in [-0.1, -0.05) is 30.3 Å². The first-order chi connectivity index (χ1) is 11.9. The van der Waals surface area contributed by atoms with Crippen LogP contribution in [0.2, 0.25) is 0 Å². The molecule has 1 atom stereocenters. The number of carbonyl (C=O) groups is 2. The lowest BCUT2D eigenvalue weighted by molar-refractivity contribution is -0.121. The van der Waals surface area contributed by atoms with Crippen LogP contribution in [0.1, 0.15) is 31.9 Å². The number of benzene rings is 2. The molecule has 0 fully saturated rings. The van der Waals surface area contributed by atoms with Crippen LogP contribution < -0.4 is 10.2 Å². The molecule has 2 amide bonds. The van der Waals surface area contributed by atoms with E-state index in [1.54, 1.807) is 0 Å². The second kappa shape index (κ2) is 8.37. The molecule has 2 aromatic rings. The topological polar surface area (TPSA) is 49.4 Å². The van der Waals surface area contributed by atoms with Crippen LogP contribution in [0.15, 0.2) is 48.5 Å². The maximum Gasteiger partial charge on any atom is 0.223 e. The monoisotopic (exact) mass is 346 g/mol. The smallest absolute Gasteiger partial charge is 0.223 e. The summed E-state index contributed by atoms with van der Waals surface area (Å²) in [5, 5.41) is 2.85. The number of rotatable bonds is 6. The minimum atomic E-state index is -1.04. The number of amides is 2. The number of halogens is 2. The molecule has 0 heterocycles. The average molecular weight is 346 g/mol. The van der Waals surface area contributed by atoms with Gasteiger partial charge in [-0.15, -0.1) is 0 Å². The Bertz CT molecular complexity index is 750. The highest BCUT2D eigenvalue weighted by Crippen LogP contribution is 2.19. The quantitative estimate of drug-likeness (QED) is 0.869. The third kappa shape index (κ3) is 5.11. The lowest BCUT2D eigenvalue weighted by Crippen LogP contribution is -2.34. The van der Waals surface area contributed by atoms with Gasteiger partial charge in [0.2, 0.25) is 11.8 Å². The van der Waals surface area contributed by atoms with Crippen molar-refractivity contribution in [1.82, 2.24) is 5.32 Å². The molecule has 0 radical (unpaired) electrons. The fraction of sp³-hybridized carbons (Fsp3) is 0.263. The summed E-state index contributed by atoms with van der Waals surface area (Å²) in [4.78, 5) is 25.1. The zero-order chi connectivity index (χ0) is 18.4. The summed E-state index contributed by atoms with van der Waals surface area (Å²) >= 11 is 0. The molecule has 1 N–H and O–H groups in total. The summed E-state index contributed by atoms with van der Waals surface area (Å²) in [5.74, 6) is -2.60. The summed E-state index contributed by atoms with van der Waals surface area (Å²) in [6, 6.07) is 12.5. The normalized spacial score (nSPS) is 11.7. The molecular formula is C19H20F2N2O2. The summed E-state index contributed by atoms with van der Waals surface area (Å²) < 4.78 is 26.4. The van der Waals surface area contributed by atoms with E-state index in [0.29, 0.717) is 0 Å². The molecule has 0 aliphatic heterocycles. The van der Waals surface area contributed by atoms with E-state index < -0.39 is 11.6 Å². The molecule has 0 aliphatic carbocycles. The molecule has 25 heavy (non-hydrogen) atoms. The van der Waals surface area contributed by atoms with Gasteiger partial charge in [0.1, 0.15) is 0 Å². The number of nitrogens with zero attached hydrogens (tertiary/aromatic N) is 1. The van der Waals surface area contributed by atoms with Crippen LogP contribution in [0, 0.1) is 11.6 Å². The van der Waals surface area contributed by atoms with Crippen LogP contribution in [-0.2, 0) is 9.59 Å². The molecule has 2 rings (SSSR count). The second-order valence-corrected chi connectivity index (χ2v) is 5.72. The highest BCUT2D eigenvalue weighted by Gasteiger charge is 2.16. The van der Waals surface area contributed by atoms with Gasteiger partial charge in [0.05, 0.1) is 6.04 Å². The van der Waals surface area contributed by atoms with Crippen molar-refractivity contribution in [1.29, 1.82) is 0 Å². The average Bonchev–Trinajstić information content (AvgIpc) is 2.58. The first-order valence-electron chi connectivity index (χ1n) is 7.96. The third-order valence-corrected chi connectivity index (χ3v) is 3.83. The summed E-state index contributed by atoms with van der Waals surface area (Å²) in [6.45, 7) is 3.25. The van der Waals surface area contributed by atoms with Gasteiger partial charge in [-0.2, -0.15) is 0 Å². The van der Waals surface area contributed by atoms with Crippen molar-refractivity contribution in [3.05, 3.63) is 65.7 Å². The summed E-state index contributed by atoms with van der Waals surface area (Å²) in [7, 11) is 0. The molecule has 0 aromatic heterocycles. The Labute approximate surface area is 145 Å². The Morgan fingerprint density at radius 1 is 1.08 bits per heavy atom. The first-order valence-corrected chi connectivity index (χ1v) is 7.96. The fourth-order valence-corrected chi connectivity index (χ4v) is 2.47. The van der Waals surface area contributed by atoms with Crippen molar-refractivity contribution in [3.63, 3.8) is 0 Å².